The zero-order valence-electron chi connectivity index (χ0n) is 13.2. The van der Waals surface area contributed by atoms with Crippen LogP contribution in [0.3, 0.4) is 0 Å². The van der Waals surface area contributed by atoms with Crippen molar-refractivity contribution in [3.63, 3.8) is 0 Å². The number of hydrogen-bond acceptors (Lipinski definition) is 3. The quantitative estimate of drug-likeness (QED) is 0.839. The van der Waals surface area contributed by atoms with Gasteiger partial charge in [-0.1, -0.05) is 12.1 Å². The van der Waals surface area contributed by atoms with Crippen LogP contribution in [0.25, 0.3) is 0 Å². The molecular formula is C19H18FNO3. The van der Waals surface area contributed by atoms with Crippen LogP contribution >= 0.6 is 0 Å². The summed E-state index contributed by atoms with van der Waals surface area (Å²) in [5.74, 6) is 0.988. The van der Waals surface area contributed by atoms with Gasteiger partial charge in [-0.3, -0.25) is 4.79 Å². The molecule has 4 nitrogen and oxygen atoms in total. The van der Waals surface area contributed by atoms with Gasteiger partial charge >= 0.3 is 0 Å². The zero-order valence-corrected chi connectivity index (χ0v) is 13.2. The number of rotatable bonds is 2. The first-order valence-corrected chi connectivity index (χ1v) is 8.18. The number of fused-ring (bicyclic) bond motifs is 1. The van der Waals surface area contributed by atoms with Gasteiger partial charge in [0.2, 0.25) is 6.79 Å². The fourth-order valence-corrected chi connectivity index (χ4v) is 3.40. The second-order valence-electron chi connectivity index (χ2n) is 6.13. The first kappa shape index (κ1) is 15.0. The van der Waals surface area contributed by atoms with Gasteiger partial charge in [0.05, 0.1) is 6.04 Å². The highest BCUT2D eigenvalue weighted by Gasteiger charge is 2.29. The summed E-state index contributed by atoms with van der Waals surface area (Å²) in [6.45, 7) is 0.893. The van der Waals surface area contributed by atoms with Crippen LogP contribution in [-0.2, 0) is 0 Å². The molecule has 0 N–H and O–H groups in total. The number of hydrogen-bond donors (Lipinski definition) is 0. The van der Waals surface area contributed by atoms with E-state index in [0.29, 0.717) is 23.6 Å². The molecule has 0 saturated carbocycles. The summed E-state index contributed by atoms with van der Waals surface area (Å²) in [5, 5.41) is 0. The molecule has 0 spiro atoms. The zero-order chi connectivity index (χ0) is 16.5. The van der Waals surface area contributed by atoms with E-state index in [-0.39, 0.29) is 24.6 Å². The highest BCUT2D eigenvalue weighted by atomic mass is 19.1. The van der Waals surface area contributed by atoms with Crippen molar-refractivity contribution < 1.29 is 18.7 Å². The first-order chi connectivity index (χ1) is 11.7. The predicted octanol–water partition coefficient (Wildman–Crippen LogP) is 3.92. The van der Waals surface area contributed by atoms with Crippen LogP contribution in [0.2, 0.25) is 0 Å². The average molecular weight is 327 g/mol. The number of ether oxygens (including phenoxy) is 2. The van der Waals surface area contributed by atoms with Gasteiger partial charge in [-0.25, -0.2) is 4.39 Å². The Morgan fingerprint density at radius 2 is 1.83 bits per heavy atom. The minimum Gasteiger partial charge on any atom is -0.454 e. The number of carbonyl (C=O) groups excluding carboxylic acids is 1. The lowest BCUT2D eigenvalue weighted by atomic mass is 9.94. The van der Waals surface area contributed by atoms with Gasteiger partial charge in [-0.15, -0.1) is 0 Å². The Balaban J connectivity index is 1.62. The summed E-state index contributed by atoms with van der Waals surface area (Å²) in [4.78, 5) is 14.9. The minimum atomic E-state index is -0.261. The number of amides is 1. The summed E-state index contributed by atoms with van der Waals surface area (Å²) in [5.41, 5.74) is 1.57. The number of piperidine rings is 1. The van der Waals surface area contributed by atoms with Crippen molar-refractivity contribution in [2.75, 3.05) is 13.3 Å². The van der Waals surface area contributed by atoms with Crippen molar-refractivity contribution in [2.24, 2.45) is 0 Å². The molecule has 2 aromatic carbocycles. The third-order valence-electron chi connectivity index (χ3n) is 4.64. The lowest BCUT2D eigenvalue weighted by molar-refractivity contribution is 0.0611. The summed E-state index contributed by atoms with van der Waals surface area (Å²) in [6.07, 6.45) is 2.93. The molecule has 0 radical (unpaired) electrons. The molecule has 24 heavy (non-hydrogen) atoms. The van der Waals surface area contributed by atoms with E-state index in [4.69, 9.17) is 9.47 Å². The van der Waals surface area contributed by atoms with E-state index >= 15 is 0 Å². The Morgan fingerprint density at radius 3 is 2.67 bits per heavy atom. The molecular weight excluding hydrogens is 309 g/mol. The molecule has 0 bridgehead atoms. The molecule has 2 aliphatic heterocycles. The van der Waals surface area contributed by atoms with Crippen molar-refractivity contribution in [3.05, 3.63) is 59.4 Å². The number of halogens is 1. The van der Waals surface area contributed by atoms with Crippen molar-refractivity contribution in [1.29, 1.82) is 0 Å². The SMILES string of the molecule is O=C(c1ccc2c(c1)OCO2)N1CCCC[C@H]1c1ccc(F)cc1. The Hall–Kier alpha value is -2.56. The van der Waals surface area contributed by atoms with Crippen LogP contribution in [0.5, 0.6) is 11.5 Å². The molecule has 1 atom stereocenters. The monoisotopic (exact) mass is 327 g/mol. The summed E-state index contributed by atoms with van der Waals surface area (Å²) in [6, 6.07) is 11.7. The van der Waals surface area contributed by atoms with Gasteiger partial charge in [-0.05, 0) is 55.2 Å². The van der Waals surface area contributed by atoms with Crippen LogP contribution in [0.4, 0.5) is 4.39 Å². The molecule has 2 heterocycles. The third kappa shape index (κ3) is 2.70. The fourth-order valence-electron chi connectivity index (χ4n) is 3.40. The number of carbonyl (C=O) groups is 1. The summed E-state index contributed by atoms with van der Waals surface area (Å²) < 4.78 is 23.9. The molecule has 2 aliphatic rings. The van der Waals surface area contributed by atoms with Crippen LogP contribution in [0.15, 0.2) is 42.5 Å². The van der Waals surface area contributed by atoms with Crippen LogP contribution in [0, 0.1) is 5.82 Å². The van der Waals surface area contributed by atoms with E-state index in [1.54, 1.807) is 30.3 Å². The first-order valence-electron chi connectivity index (χ1n) is 8.18. The predicted molar refractivity (Wildman–Crippen MR) is 86.6 cm³/mol. The maximum absolute atomic E-state index is 13.2. The molecule has 1 fully saturated rings. The lowest BCUT2D eigenvalue weighted by Crippen LogP contribution is -2.38. The van der Waals surface area contributed by atoms with E-state index in [2.05, 4.69) is 0 Å². The Kier molecular flexibility index (Phi) is 3.84. The van der Waals surface area contributed by atoms with Gasteiger partial charge in [0.15, 0.2) is 11.5 Å². The van der Waals surface area contributed by atoms with Crippen LogP contribution in [-0.4, -0.2) is 24.1 Å². The highest BCUT2D eigenvalue weighted by Crippen LogP contribution is 2.35. The van der Waals surface area contributed by atoms with Gasteiger partial charge in [0.1, 0.15) is 5.82 Å². The molecule has 1 amide bonds. The Labute approximate surface area is 139 Å². The van der Waals surface area contributed by atoms with Gasteiger partial charge in [0.25, 0.3) is 5.91 Å². The summed E-state index contributed by atoms with van der Waals surface area (Å²) in [7, 11) is 0. The molecule has 124 valence electrons. The van der Waals surface area contributed by atoms with Crippen LogP contribution < -0.4 is 9.47 Å². The van der Waals surface area contributed by atoms with Crippen molar-refractivity contribution in [1.82, 2.24) is 4.90 Å². The maximum Gasteiger partial charge on any atom is 0.254 e. The Morgan fingerprint density at radius 1 is 1.04 bits per heavy atom. The lowest BCUT2D eigenvalue weighted by Gasteiger charge is -2.36. The van der Waals surface area contributed by atoms with Gasteiger partial charge < -0.3 is 14.4 Å². The Bertz CT molecular complexity index is 760. The summed E-state index contributed by atoms with van der Waals surface area (Å²) >= 11 is 0. The maximum atomic E-state index is 13.2. The second-order valence-corrected chi connectivity index (χ2v) is 6.13. The molecule has 0 aliphatic carbocycles. The topological polar surface area (TPSA) is 38.8 Å². The van der Waals surface area contributed by atoms with Crippen molar-refractivity contribution in [3.8, 4) is 11.5 Å². The number of likely N-dealkylation sites (tertiary alicyclic amines) is 1. The molecule has 4 rings (SSSR count). The molecule has 5 heteroatoms. The molecule has 0 unspecified atom stereocenters. The van der Waals surface area contributed by atoms with E-state index in [9.17, 15) is 9.18 Å². The highest BCUT2D eigenvalue weighted by molar-refractivity contribution is 5.95. The molecule has 0 aromatic heterocycles. The number of benzene rings is 2. The van der Waals surface area contributed by atoms with E-state index in [1.165, 1.54) is 12.1 Å². The smallest absolute Gasteiger partial charge is 0.254 e. The van der Waals surface area contributed by atoms with Crippen LogP contribution in [0.1, 0.15) is 41.2 Å². The number of nitrogens with zero attached hydrogens (tertiary/aromatic N) is 1. The molecule has 1 saturated heterocycles. The van der Waals surface area contributed by atoms with Gasteiger partial charge in [-0.2, -0.15) is 0 Å². The molecule has 2 aromatic rings. The van der Waals surface area contributed by atoms with E-state index in [1.807, 2.05) is 4.90 Å². The normalized spacial score (nSPS) is 19.4. The van der Waals surface area contributed by atoms with Crippen molar-refractivity contribution >= 4 is 5.91 Å². The van der Waals surface area contributed by atoms with E-state index < -0.39 is 0 Å². The average Bonchev–Trinajstić information content (AvgIpc) is 3.09. The van der Waals surface area contributed by atoms with Gasteiger partial charge in [0, 0.05) is 12.1 Å². The second kappa shape index (κ2) is 6.15. The largest absolute Gasteiger partial charge is 0.454 e. The van der Waals surface area contributed by atoms with Crippen molar-refractivity contribution in [2.45, 2.75) is 25.3 Å². The minimum absolute atomic E-state index is 0.0164. The fraction of sp³-hybridized carbons (Fsp3) is 0.316. The third-order valence-corrected chi connectivity index (χ3v) is 4.64. The standard InChI is InChI=1S/C19H18FNO3/c20-15-7-4-13(5-8-15)16-3-1-2-10-21(16)19(22)14-6-9-17-18(11-14)24-12-23-17/h4-9,11,16H,1-3,10,12H2/t16-/m0/s1. The van der Waals surface area contributed by atoms with E-state index in [0.717, 1.165) is 24.8 Å².